The number of amides is 1. The summed E-state index contributed by atoms with van der Waals surface area (Å²) in [5, 5.41) is 0. The van der Waals surface area contributed by atoms with Gasteiger partial charge in [0.1, 0.15) is 5.75 Å². The van der Waals surface area contributed by atoms with Crippen LogP contribution in [0.2, 0.25) is 0 Å². The van der Waals surface area contributed by atoms with Crippen LogP contribution in [-0.2, 0) is 10.2 Å². The molecule has 3 nitrogen and oxygen atoms in total. The Morgan fingerprint density at radius 2 is 1.63 bits per heavy atom. The van der Waals surface area contributed by atoms with E-state index in [1.54, 1.807) is 7.11 Å². The molecule has 0 aromatic heterocycles. The number of methoxy groups -OCH3 is 1. The molecule has 0 aliphatic carbocycles. The maximum Gasteiger partial charge on any atom is 0.232 e. The Labute approximate surface area is 113 Å². The summed E-state index contributed by atoms with van der Waals surface area (Å²) in [5.41, 5.74) is 6.38. The first kappa shape index (κ1) is 13.1. The van der Waals surface area contributed by atoms with Crippen molar-refractivity contribution in [2.24, 2.45) is 5.73 Å². The molecule has 0 bridgehead atoms. The van der Waals surface area contributed by atoms with Crippen molar-refractivity contribution in [1.82, 2.24) is 0 Å². The number of benzene rings is 2. The summed E-state index contributed by atoms with van der Waals surface area (Å²) in [6, 6.07) is 17.0. The highest BCUT2D eigenvalue weighted by Gasteiger charge is 2.37. The van der Waals surface area contributed by atoms with E-state index in [2.05, 4.69) is 0 Å². The van der Waals surface area contributed by atoms with Crippen molar-refractivity contribution in [2.75, 3.05) is 7.11 Å². The summed E-state index contributed by atoms with van der Waals surface area (Å²) in [7, 11) is 1.59. The Kier molecular flexibility index (Phi) is 3.56. The van der Waals surface area contributed by atoms with Crippen LogP contribution < -0.4 is 10.5 Å². The van der Waals surface area contributed by atoms with Gasteiger partial charge in [-0.2, -0.15) is 0 Å². The Morgan fingerprint density at radius 3 is 2.21 bits per heavy atom. The first-order chi connectivity index (χ1) is 9.10. The van der Waals surface area contributed by atoms with Gasteiger partial charge in [0.25, 0.3) is 0 Å². The van der Waals surface area contributed by atoms with Crippen molar-refractivity contribution in [3.05, 3.63) is 65.7 Å². The minimum Gasteiger partial charge on any atom is -0.496 e. The van der Waals surface area contributed by atoms with E-state index in [0.29, 0.717) is 5.75 Å². The second-order valence-corrected chi connectivity index (χ2v) is 4.56. The minimum absolute atomic E-state index is 0.400. The molecular weight excluding hydrogens is 238 g/mol. The highest BCUT2D eigenvalue weighted by atomic mass is 16.5. The van der Waals surface area contributed by atoms with Gasteiger partial charge in [-0.1, -0.05) is 48.5 Å². The molecule has 0 heterocycles. The third kappa shape index (κ3) is 2.19. The molecule has 0 aliphatic rings. The van der Waals surface area contributed by atoms with Crippen molar-refractivity contribution in [3.8, 4) is 5.75 Å². The molecule has 19 heavy (non-hydrogen) atoms. The molecule has 0 spiro atoms. The summed E-state index contributed by atoms with van der Waals surface area (Å²) in [4.78, 5) is 12.1. The number of ether oxygens (including phenoxy) is 1. The van der Waals surface area contributed by atoms with Crippen molar-refractivity contribution >= 4 is 5.91 Å². The second-order valence-electron chi connectivity index (χ2n) is 4.56. The van der Waals surface area contributed by atoms with Crippen LogP contribution in [0.3, 0.4) is 0 Å². The fourth-order valence-electron chi connectivity index (χ4n) is 2.26. The SMILES string of the molecule is COc1ccccc1C(C)(C(N)=O)c1ccccc1. The molecule has 0 saturated carbocycles. The molecule has 1 atom stereocenters. The molecule has 0 aliphatic heterocycles. The Morgan fingerprint density at radius 1 is 1.05 bits per heavy atom. The maximum atomic E-state index is 12.1. The lowest BCUT2D eigenvalue weighted by atomic mass is 9.75. The number of rotatable bonds is 4. The van der Waals surface area contributed by atoms with E-state index < -0.39 is 11.3 Å². The summed E-state index contributed by atoms with van der Waals surface area (Å²) >= 11 is 0. The van der Waals surface area contributed by atoms with Crippen LogP contribution in [0.15, 0.2) is 54.6 Å². The van der Waals surface area contributed by atoms with Crippen LogP contribution in [-0.4, -0.2) is 13.0 Å². The number of nitrogens with two attached hydrogens (primary N) is 1. The van der Waals surface area contributed by atoms with Crippen molar-refractivity contribution in [2.45, 2.75) is 12.3 Å². The Balaban J connectivity index is 2.67. The average Bonchev–Trinajstić information content (AvgIpc) is 2.47. The summed E-state index contributed by atoms with van der Waals surface area (Å²) < 4.78 is 5.36. The van der Waals surface area contributed by atoms with Crippen LogP contribution in [0.1, 0.15) is 18.1 Å². The Hall–Kier alpha value is -2.29. The van der Waals surface area contributed by atoms with Gasteiger partial charge < -0.3 is 10.5 Å². The molecular formula is C16H17NO2. The third-order valence-corrected chi connectivity index (χ3v) is 3.49. The first-order valence-corrected chi connectivity index (χ1v) is 6.09. The molecule has 0 fully saturated rings. The normalized spacial score (nSPS) is 13.6. The highest BCUT2D eigenvalue weighted by molar-refractivity contribution is 5.91. The number of carbonyl (C=O) groups excluding carboxylic acids is 1. The standard InChI is InChI=1S/C16H17NO2/c1-16(15(17)18,12-8-4-3-5-9-12)13-10-6-7-11-14(13)19-2/h3-11H,1-2H3,(H2,17,18). The fourth-order valence-corrected chi connectivity index (χ4v) is 2.26. The van der Waals surface area contributed by atoms with Gasteiger partial charge in [0.2, 0.25) is 5.91 Å². The monoisotopic (exact) mass is 255 g/mol. The van der Waals surface area contributed by atoms with Crippen LogP contribution in [0, 0.1) is 0 Å². The van der Waals surface area contributed by atoms with E-state index in [0.717, 1.165) is 11.1 Å². The van der Waals surface area contributed by atoms with E-state index in [1.165, 1.54) is 0 Å². The van der Waals surface area contributed by atoms with Crippen LogP contribution >= 0.6 is 0 Å². The molecule has 1 amide bonds. The number of carbonyl (C=O) groups is 1. The van der Waals surface area contributed by atoms with Gasteiger partial charge in [-0.25, -0.2) is 0 Å². The van der Waals surface area contributed by atoms with Gasteiger partial charge >= 0.3 is 0 Å². The average molecular weight is 255 g/mol. The van der Waals surface area contributed by atoms with Gasteiger partial charge in [0, 0.05) is 5.56 Å². The van der Waals surface area contributed by atoms with Gasteiger partial charge in [-0.05, 0) is 18.6 Å². The van der Waals surface area contributed by atoms with Crippen LogP contribution in [0.5, 0.6) is 5.75 Å². The molecule has 2 N–H and O–H groups in total. The molecule has 3 heteroatoms. The van der Waals surface area contributed by atoms with Gasteiger partial charge in [0.05, 0.1) is 12.5 Å². The molecule has 0 saturated heterocycles. The Bertz CT molecular complexity index is 580. The van der Waals surface area contributed by atoms with Gasteiger partial charge in [-0.15, -0.1) is 0 Å². The summed E-state index contributed by atoms with van der Waals surface area (Å²) in [6.45, 7) is 1.82. The predicted octanol–water partition coefficient (Wildman–Crippen LogP) is 2.49. The number of hydrogen-bond donors (Lipinski definition) is 1. The topological polar surface area (TPSA) is 52.3 Å². The third-order valence-electron chi connectivity index (χ3n) is 3.49. The quantitative estimate of drug-likeness (QED) is 0.912. The second kappa shape index (κ2) is 5.14. The van der Waals surface area contributed by atoms with Crippen LogP contribution in [0.25, 0.3) is 0 Å². The summed E-state index contributed by atoms with van der Waals surface area (Å²) in [6.07, 6.45) is 0. The molecule has 98 valence electrons. The van der Waals surface area contributed by atoms with Gasteiger partial charge in [0.15, 0.2) is 0 Å². The van der Waals surface area contributed by atoms with E-state index >= 15 is 0 Å². The number of hydrogen-bond acceptors (Lipinski definition) is 2. The molecule has 1 unspecified atom stereocenters. The molecule has 2 rings (SSSR count). The lowest BCUT2D eigenvalue weighted by Crippen LogP contribution is -2.39. The largest absolute Gasteiger partial charge is 0.496 e. The zero-order valence-corrected chi connectivity index (χ0v) is 11.1. The fraction of sp³-hybridized carbons (Fsp3) is 0.188. The zero-order valence-electron chi connectivity index (χ0n) is 11.1. The highest BCUT2D eigenvalue weighted by Crippen LogP contribution is 2.37. The number of primary amides is 1. The van der Waals surface area contributed by atoms with E-state index in [-0.39, 0.29) is 0 Å². The predicted molar refractivity (Wildman–Crippen MR) is 75.1 cm³/mol. The van der Waals surface area contributed by atoms with Gasteiger partial charge in [-0.3, -0.25) is 4.79 Å². The van der Waals surface area contributed by atoms with Crippen molar-refractivity contribution in [1.29, 1.82) is 0 Å². The lowest BCUT2D eigenvalue weighted by Gasteiger charge is -2.28. The van der Waals surface area contributed by atoms with Crippen molar-refractivity contribution < 1.29 is 9.53 Å². The lowest BCUT2D eigenvalue weighted by molar-refractivity contribution is -0.121. The first-order valence-electron chi connectivity index (χ1n) is 6.09. The number of para-hydroxylation sites is 1. The maximum absolute atomic E-state index is 12.1. The van der Waals surface area contributed by atoms with E-state index in [9.17, 15) is 4.79 Å². The van der Waals surface area contributed by atoms with E-state index in [4.69, 9.17) is 10.5 Å². The molecule has 2 aromatic carbocycles. The smallest absolute Gasteiger partial charge is 0.232 e. The minimum atomic E-state index is -0.909. The van der Waals surface area contributed by atoms with Crippen molar-refractivity contribution in [3.63, 3.8) is 0 Å². The molecule has 0 radical (unpaired) electrons. The van der Waals surface area contributed by atoms with Crippen LogP contribution in [0.4, 0.5) is 0 Å². The zero-order chi connectivity index (χ0) is 13.9. The summed E-state index contributed by atoms with van der Waals surface area (Å²) in [5.74, 6) is 0.260. The van der Waals surface area contributed by atoms with E-state index in [1.807, 2.05) is 61.5 Å². The molecule has 2 aromatic rings.